The molecule has 1 spiro atoms. The molecule has 250 valence electrons. The molecule has 0 fully saturated rings. The van der Waals surface area contributed by atoms with Gasteiger partial charge in [-0.3, -0.25) is 4.79 Å². The predicted octanol–water partition coefficient (Wildman–Crippen LogP) is 5.14. The van der Waals surface area contributed by atoms with Crippen molar-refractivity contribution in [3.63, 3.8) is 0 Å². The fraction of sp³-hybridized carbons (Fsp3) is 0.324. The van der Waals surface area contributed by atoms with Crippen molar-refractivity contribution in [1.82, 2.24) is 5.32 Å². The second kappa shape index (κ2) is 12.1. The zero-order chi connectivity index (χ0) is 34.9. The number of anilines is 1. The van der Waals surface area contributed by atoms with Crippen LogP contribution in [0.1, 0.15) is 52.6 Å². The molecule has 0 aliphatic carbocycles. The molecule has 0 saturated heterocycles. The predicted molar refractivity (Wildman–Crippen MR) is 184 cm³/mol. The normalized spacial score (nSPS) is 20.2. The minimum Gasteiger partial charge on any atom is -0.466 e. The van der Waals surface area contributed by atoms with E-state index in [9.17, 15) is 24.0 Å². The Hall–Kier alpha value is -4.14. The van der Waals surface area contributed by atoms with Crippen molar-refractivity contribution in [2.24, 2.45) is 0 Å². The Bertz CT molecular complexity index is 1900. The first-order valence-electron chi connectivity index (χ1n) is 14.7. The van der Waals surface area contributed by atoms with Crippen molar-refractivity contribution < 1.29 is 42.9 Å². The van der Waals surface area contributed by atoms with Crippen LogP contribution in [0.4, 0.5) is 5.69 Å². The monoisotopic (exact) mass is 708 g/mol. The maximum Gasteiger partial charge on any atom is 0.345 e. The molecule has 0 saturated carbocycles. The molecule has 1 amide bonds. The highest BCUT2D eigenvalue weighted by molar-refractivity contribution is 8.26. The summed E-state index contributed by atoms with van der Waals surface area (Å²) in [5, 5.41) is 3.19. The van der Waals surface area contributed by atoms with Crippen LogP contribution in [0.15, 0.2) is 61.6 Å². The molecule has 1 N–H and O–H groups in total. The number of methoxy groups -OCH3 is 4. The van der Waals surface area contributed by atoms with Crippen LogP contribution in [-0.4, -0.2) is 67.8 Å². The van der Waals surface area contributed by atoms with Crippen molar-refractivity contribution in [3.05, 3.63) is 89.4 Å². The van der Waals surface area contributed by atoms with Gasteiger partial charge >= 0.3 is 23.9 Å². The zero-order valence-electron chi connectivity index (χ0n) is 27.4. The summed E-state index contributed by atoms with van der Waals surface area (Å²) >= 11 is 2.87. The molecule has 14 heteroatoms. The summed E-state index contributed by atoms with van der Waals surface area (Å²) in [6.07, 6.45) is -0.613. The summed E-state index contributed by atoms with van der Waals surface area (Å²) in [5.41, 5.74) is 3.72. The molecule has 0 aromatic heterocycles. The Balaban J connectivity index is 1.73. The number of carbonyl (C=O) groups excluding carboxylic acids is 5. The SMILES string of the molecule is COC(=O)C1=C(C(=O)OC)SC2(S1)C(C(=O)OC)=C(C(=O)OC)SC1=C2c2cc(C)cc3c2N(C(c2ccc(C)cc2)NC3=O)C1(C)C. The number of ether oxygens (including phenoxy) is 4. The van der Waals surface area contributed by atoms with Gasteiger partial charge in [-0.2, -0.15) is 0 Å². The molecule has 0 bridgehead atoms. The van der Waals surface area contributed by atoms with Crippen molar-refractivity contribution in [2.75, 3.05) is 33.3 Å². The lowest BCUT2D eigenvalue weighted by Gasteiger charge is -2.56. The maximum absolute atomic E-state index is 13.9. The van der Waals surface area contributed by atoms with Gasteiger partial charge in [-0.15, -0.1) is 0 Å². The lowest BCUT2D eigenvalue weighted by atomic mass is 9.79. The van der Waals surface area contributed by atoms with Crippen LogP contribution < -0.4 is 10.2 Å². The first kappa shape index (κ1) is 33.7. The summed E-state index contributed by atoms with van der Waals surface area (Å²) in [5.74, 6) is -3.59. The van der Waals surface area contributed by atoms with E-state index in [0.717, 1.165) is 52.0 Å². The fourth-order valence-corrected chi connectivity index (χ4v) is 11.5. The minimum absolute atomic E-state index is 0.0595. The van der Waals surface area contributed by atoms with Crippen LogP contribution in [0.5, 0.6) is 0 Å². The number of esters is 4. The summed E-state index contributed by atoms with van der Waals surface area (Å²) < 4.78 is 19.0. The molecule has 4 aliphatic heterocycles. The molecule has 1 unspecified atom stereocenters. The number of carbonyl (C=O) groups is 5. The van der Waals surface area contributed by atoms with E-state index in [2.05, 4.69) is 10.2 Å². The summed E-state index contributed by atoms with van der Waals surface area (Å²) in [7, 11) is 4.76. The van der Waals surface area contributed by atoms with E-state index < -0.39 is 39.7 Å². The second-order valence-electron chi connectivity index (χ2n) is 11.9. The number of nitrogens with one attached hydrogen (secondary N) is 1. The van der Waals surface area contributed by atoms with Crippen LogP contribution in [-0.2, 0) is 38.1 Å². The van der Waals surface area contributed by atoms with E-state index in [4.69, 9.17) is 18.9 Å². The summed E-state index contributed by atoms with van der Waals surface area (Å²) in [6, 6.07) is 11.6. The van der Waals surface area contributed by atoms with E-state index >= 15 is 0 Å². The maximum atomic E-state index is 13.9. The number of fused-ring (bicyclic) bond motifs is 2. The van der Waals surface area contributed by atoms with Gasteiger partial charge in [-0.1, -0.05) is 65.1 Å². The van der Waals surface area contributed by atoms with E-state index in [1.54, 1.807) is 6.07 Å². The van der Waals surface area contributed by atoms with Crippen molar-refractivity contribution in [3.8, 4) is 0 Å². The fourth-order valence-electron chi connectivity index (χ4n) is 6.47. The molecular weight excluding hydrogens is 677 g/mol. The quantitative estimate of drug-likeness (QED) is 0.325. The third-order valence-electron chi connectivity index (χ3n) is 8.60. The van der Waals surface area contributed by atoms with Gasteiger partial charge in [0, 0.05) is 16.0 Å². The first-order valence-corrected chi connectivity index (χ1v) is 17.2. The summed E-state index contributed by atoms with van der Waals surface area (Å²) in [6.45, 7) is 7.76. The number of hydrogen-bond donors (Lipinski definition) is 1. The Labute approximate surface area is 289 Å². The molecule has 4 heterocycles. The highest BCUT2D eigenvalue weighted by atomic mass is 32.2. The topological polar surface area (TPSA) is 138 Å². The van der Waals surface area contributed by atoms with Crippen LogP contribution in [0.2, 0.25) is 0 Å². The van der Waals surface area contributed by atoms with E-state index in [1.165, 1.54) is 28.4 Å². The third-order valence-corrected chi connectivity index (χ3v) is 13.3. The molecule has 1 atom stereocenters. The molecular formula is C34H32N2O9S3. The average Bonchev–Trinajstić information content (AvgIpc) is 3.46. The lowest BCUT2D eigenvalue weighted by Crippen LogP contribution is -2.59. The van der Waals surface area contributed by atoms with Gasteiger partial charge in [0.25, 0.3) is 5.91 Å². The number of hydrogen-bond acceptors (Lipinski definition) is 13. The van der Waals surface area contributed by atoms with Gasteiger partial charge in [-0.25, -0.2) is 19.2 Å². The molecule has 11 nitrogen and oxygen atoms in total. The van der Waals surface area contributed by atoms with E-state index in [-0.39, 0.29) is 26.2 Å². The molecule has 2 aromatic rings. The van der Waals surface area contributed by atoms with Crippen LogP contribution in [0.3, 0.4) is 0 Å². The largest absolute Gasteiger partial charge is 0.466 e. The van der Waals surface area contributed by atoms with Crippen LogP contribution in [0.25, 0.3) is 5.57 Å². The third kappa shape index (κ3) is 4.86. The smallest absolute Gasteiger partial charge is 0.345 e. The lowest BCUT2D eigenvalue weighted by molar-refractivity contribution is -0.138. The molecule has 2 aromatic carbocycles. The van der Waals surface area contributed by atoms with Crippen molar-refractivity contribution in [2.45, 2.75) is 43.5 Å². The Morgan fingerprint density at radius 1 is 0.750 bits per heavy atom. The van der Waals surface area contributed by atoms with Gasteiger partial charge in [0.2, 0.25) is 0 Å². The highest BCUT2D eigenvalue weighted by Gasteiger charge is 2.62. The van der Waals surface area contributed by atoms with Gasteiger partial charge < -0.3 is 29.2 Å². The van der Waals surface area contributed by atoms with Gasteiger partial charge in [0.05, 0.1) is 50.8 Å². The van der Waals surface area contributed by atoms with Crippen LogP contribution in [0, 0.1) is 13.8 Å². The Morgan fingerprint density at radius 2 is 1.27 bits per heavy atom. The number of amides is 1. The van der Waals surface area contributed by atoms with Crippen molar-refractivity contribution >= 4 is 76.3 Å². The Morgan fingerprint density at radius 3 is 1.81 bits per heavy atom. The van der Waals surface area contributed by atoms with Gasteiger partial charge in [-0.05, 0) is 51.0 Å². The molecule has 48 heavy (non-hydrogen) atoms. The van der Waals surface area contributed by atoms with E-state index in [1.807, 2.05) is 58.0 Å². The second-order valence-corrected chi connectivity index (χ2v) is 15.6. The Kier molecular flexibility index (Phi) is 8.49. The van der Waals surface area contributed by atoms with Crippen LogP contribution >= 0.6 is 35.3 Å². The van der Waals surface area contributed by atoms with Gasteiger partial charge in [0.1, 0.15) is 25.0 Å². The number of aryl methyl sites for hydroxylation is 2. The number of benzene rings is 2. The standard InChI is InChI=1S/C34H32N2O9S3/c1-15-9-11-17(12-10-15)27-35-28(37)19-14-16(2)13-18-20-26(33(3,4)36(27)22(18)19)46-23(30(39)43-6)21(29(38)42-5)34(20)47-24(31(40)44-7)25(48-34)32(41)45-8/h9-14,27H,1-8H3,(H,35,37). The van der Waals surface area contributed by atoms with Gasteiger partial charge in [0.15, 0.2) is 0 Å². The molecule has 4 aliphatic rings. The summed E-state index contributed by atoms with van der Waals surface area (Å²) in [4.78, 5) is 70.5. The van der Waals surface area contributed by atoms with E-state index in [0.29, 0.717) is 27.3 Å². The number of nitrogens with zero attached hydrogens (tertiary/aromatic N) is 1. The average molecular weight is 709 g/mol. The zero-order valence-corrected chi connectivity index (χ0v) is 29.8. The van der Waals surface area contributed by atoms with Crippen molar-refractivity contribution in [1.29, 1.82) is 0 Å². The molecule has 6 rings (SSSR count). The first-order chi connectivity index (χ1) is 22.7. The minimum atomic E-state index is -1.65. The number of thioether (sulfide) groups is 3. The highest BCUT2D eigenvalue weighted by Crippen LogP contribution is 2.72. The molecule has 0 radical (unpaired) electrons. The number of rotatable bonds is 5.